The minimum absolute atomic E-state index is 0.831. The van der Waals surface area contributed by atoms with Crippen molar-refractivity contribution < 1.29 is 0 Å². The molecule has 1 aliphatic heterocycles. The molecular formula is C12H25N. The summed E-state index contributed by atoms with van der Waals surface area (Å²) in [4.78, 5) is 2.64. The summed E-state index contributed by atoms with van der Waals surface area (Å²) in [5.41, 5.74) is 0. The zero-order valence-electron chi connectivity index (χ0n) is 9.71. The van der Waals surface area contributed by atoms with Crippen molar-refractivity contribution in [3.05, 3.63) is 0 Å². The van der Waals surface area contributed by atoms with E-state index in [-0.39, 0.29) is 0 Å². The number of rotatable bonds is 4. The Hall–Kier alpha value is -0.0400. The molecule has 0 aliphatic carbocycles. The first-order valence-corrected chi connectivity index (χ1v) is 5.80. The number of nitrogens with zero attached hydrogens (tertiary/aromatic N) is 1. The van der Waals surface area contributed by atoms with E-state index < -0.39 is 0 Å². The predicted molar refractivity (Wildman–Crippen MR) is 58.8 cm³/mol. The highest BCUT2D eigenvalue weighted by Crippen LogP contribution is 2.23. The molecule has 1 fully saturated rings. The summed E-state index contributed by atoms with van der Waals surface area (Å²) >= 11 is 0. The van der Waals surface area contributed by atoms with Gasteiger partial charge in [0.05, 0.1) is 0 Å². The molecule has 1 heteroatoms. The van der Waals surface area contributed by atoms with Crippen LogP contribution in [0.2, 0.25) is 0 Å². The Morgan fingerprint density at radius 3 is 2.38 bits per heavy atom. The fraction of sp³-hybridized carbons (Fsp3) is 1.00. The van der Waals surface area contributed by atoms with E-state index in [1.807, 2.05) is 0 Å². The van der Waals surface area contributed by atoms with Gasteiger partial charge in [-0.25, -0.2) is 0 Å². The predicted octanol–water partition coefficient (Wildman–Crippen LogP) is 3.01. The van der Waals surface area contributed by atoms with Gasteiger partial charge >= 0.3 is 0 Å². The molecule has 0 aromatic carbocycles. The van der Waals surface area contributed by atoms with Crippen LogP contribution in [0.1, 0.15) is 40.5 Å². The van der Waals surface area contributed by atoms with Crippen molar-refractivity contribution in [3.8, 4) is 0 Å². The third-order valence-electron chi connectivity index (χ3n) is 2.80. The topological polar surface area (TPSA) is 3.24 Å². The van der Waals surface area contributed by atoms with Crippen LogP contribution >= 0.6 is 0 Å². The zero-order valence-corrected chi connectivity index (χ0v) is 9.71. The van der Waals surface area contributed by atoms with Gasteiger partial charge in [-0.15, -0.1) is 0 Å². The first kappa shape index (κ1) is 11.0. The largest absolute Gasteiger partial charge is 0.303 e. The second kappa shape index (κ2) is 4.99. The fourth-order valence-electron chi connectivity index (χ4n) is 2.45. The molecular weight excluding hydrogens is 158 g/mol. The molecule has 1 aliphatic rings. The normalized spacial score (nSPS) is 24.9. The maximum absolute atomic E-state index is 2.64. The summed E-state index contributed by atoms with van der Waals surface area (Å²) in [6.07, 6.45) is 2.86. The fourth-order valence-corrected chi connectivity index (χ4v) is 2.45. The van der Waals surface area contributed by atoms with E-state index in [0.717, 1.165) is 17.8 Å². The van der Waals surface area contributed by atoms with Gasteiger partial charge in [0.15, 0.2) is 0 Å². The maximum Gasteiger partial charge on any atom is 0.00103 e. The van der Waals surface area contributed by atoms with Gasteiger partial charge in [0.25, 0.3) is 0 Å². The quantitative estimate of drug-likeness (QED) is 0.647. The number of likely N-dealkylation sites (tertiary alicyclic amines) is 1. The Balaban J connectivity index is 2.20. The van der Waals surface area contributed by atoms with Crippen LogP contribution in [0.15, 0.2) is 0 Å². The smallest absolute Gasteiger partial charge is 0.00103 e. The van der Waals surface area contributed by atoms with Gasteiger partial charge in [0.1, 0.15) is 0 Å². The summed E-state index contributed by atoms with van der Waals surface area (Å²) in [6, 6.07) is 0. The van der Waals surface area contributed by atoms with E-state index in [2.05, 4.69) is 32.6 Å². The Bertz CT molecular complexity index is 124. The summed E-state index contributed by atoms with van der Waals surface area (Å²) < 4.78 is 0. The van der Waals surface area contributed by atoms with Crippen molar-refractivity contribution in [1.29, 1.82) is 0 Å². The molecule has 0 amide bonds. The SMILES string of the molecule is CC(C)CC1CCN(CC(C)C)C1. The van der Waals surface area contributed by atoms with Crippen LogP contribution in [0.25, 0.3) is 0 Å². The molecule has 78 valence electrons. The van der Waals surface area contributed by atoms with Crippen LogP contribution in [0, 0.1) is 17.8 Å². The highest BCUT2D eigenvalue weighted by molar-refractivity contribution is 4.76. The molecule has 1 rings (SSSR count). The Morgan fingerprint density at radius 2 is 1.85 bits per heavy atom. The van der Waals surface area contributed by atoms with Gasteiger partial charge in [0.2, 0.25) is 0 Å². The average molecular weight is 183 g/mol. The number of hydrogen-bond donors (Lipinski definition) is 0. The van der Waals surface area contributed by atoms with Gasteiger partial charge in [-0.05, 0) is 37.1 Å². The highest BCUT2D eigenvalue weighted by atomic mass is 15.1. The molecule has 1 heterocycles. The molecule has 1 nitrogen and oxygen atoms in total. The molecule has 1 unspecified atom stereocenters. The third kappa shape index (κ3) is 4.12. The molecule has 1 saturated heterocycles. The van der Waals surface area contributed by atoms with Crippen LogP contribution in [-0.4, -0.2) is 24.5 Å². The first-order chi connectivity index (χ1) is 6.08. The molecule has 0 saturated carbocycles. The second-order valence-corrected chi connectivity index (χ2v) is 5.44. The summed E-state index contributed by atoms with van der Waals surface area (Å²) in [6.45, 7) is 13.3. The van der Waals surface area contributed by atoms with Crippen molar-refractivity contribution >= 4 is 0 Å². The molecule has 13 heavy (non-hydrogen) atoms. The van der Waals surface area contributed by atoms with E-state index in [1.54, 1.807) is 0 Å². The standard InChI is InChI=1S/C12H25N/c1-10(2)7-12-5-6-13(9-12)8-11(3)4/h10-12H,5-9H2,1-4H3. The lowest BCUT2D eigenvalue weighted by molar-refractivity contribution is 0.280. The lowest BCUT2D eigenvalue weighted by atomic mass is 9.97. The third-order valence-corrected chi connectivity index (χ3v) is 2.80. The molecule has 0 N–H and O–H groups in total. The van der Waals surface area contributed by atoms with E-state index in [0.29, 0.717) is 0 Å². The van der Waals surface area contributed by atoms with Crippen LogP contribution in [0.4, 0.5) is 0 Å². The zero-order chi connectivity index (χ0) is 9.84. The molecule has 0 aromatic rings. The molecule has 0 aromatic heterocycles. The van der Waals surface area contributed by atoms with Gasteiger partial charge in [0, 0.05) is 13.1 Å². The second-order valence-electron chi connectivity index (χ2n) is 5.44. The van der Waals surface area contributed by atoms with Gasteiger partial charge in [-0.3, -0.25) is 0 Å². The maximum atomic E-state index is 2.64. The van der Waals surface area contributed by atoms with E-state index in [9.17, 15) is 0 Å². The minimum Gasteiger partial charge on any atom is -0.303 e. The van der Waals surface area contributed by atoms with Gasteiger partial charge in [-0.2, -0.15) is 0 Å². The van der Waals surface area contributed by atoms with E-state index in [4.69, 9.17) is 0 Å². The average Bonchev–Trinajstić information content (AvgIpc) is 2.33. The van der Waals surface area contributed by atoms with E-state index in [1.165, 1.54) is 32.5 Å². The van der Waals surface area contributed by atoms with Crippen LogP contribution in [0.3, 0.4) is 0 Å². The van der Waals surface area contributed by atoms with E-state index >= 15 is 0 Å². The van der Waals surface area contributed by atoms with Crippen LogP contribution in [-0.2, 0) is 0 Å². The first-order valence-electron chi connectivity index (χ1n) is 5.80. The van der Waals surface area contributed by atoms with Crippen molar-refractivity contribution in [2.75, 3.05) is 19.6 Å². The van der Waals surface area contributed by atoms with Gasteiger partial charge < -0.3 is 4.90 Å². The summed E-state index contributed by atoms with van der Waals surface area (Å²) in [5.74, 6) is 2.69. The summed E-state index contributed by atoms with van der Waals surface area (Å²) in [7, 11) is 0. The summed E-state index contributed by atoms with van der Waals surface area (Å²) in [5, 5.41) is 0. The monoisotopic (exact) mass is 183 g/mol. The Labute approximate surface area is 83.5 Å². The lowest BCUT2D eigenvalue weighted by Gasteiger charge is -2.18. The number of hydrogen-bond acceptors (Lipinski definition) is 1. The van der Waals surface area contributed by atoms with Crippen LogP contribution in [0.5, 0.6) is 0 Å². The highest BCUT2D eigenvalue weighted by Gasteiger charge is 2.22. The van der Waals surface area contributed by atoms with Crippen molar-refractivity contribution in [2.24, 2.45) is 17.8 Å². The molecule has 1 atom stereocenters. The molecule has 0 bridgehead atoms. The van der Waals surface area contributed by atoms with Crippen molar-refractivity contribution in [3.63, 3.8) is 0 Å². The Kier molecular flexibility index (Phi) is 4.24. The minimum atomic E-state index is 0.831. The van der Waals surface area contributed by atoms with Crippen molar-refractivity contribution in [1.82, 2.24) is 4.90 Å². The lowest BCUT2D eigenvalue weighted by Crippen LogP contribution is -2.25. The molecule has 0 radical (unpaired) electrons. The van der Waals surface area contributed by atoms with Gasteiger partial charge in [-0.1, -0.05) is 27.7 Å². The molecule has 0 spiro atoms. The van der Waals surface area contributed by atoms with Crippen LogP contribution < -0.4 is 0 Å². The Morgan fingerprint density at radius 1 is 1.15 bits per heavy atom. The van der Waals surface area contributed by atoms with Crippen molar-refractivity contribution in [2.45, 2.75) is 40.5 Å².